The molecule has 0 aromatic heterocycles. The number of ether oxygens (including phenoxy) is 1. The van der Waals surface area contributed by atoms with Crippen LogP contribution in [-0.2, 0) is 9.53 Å². The standard InChI is InChI=1S/C12H21NO3/c1-16-12(15)9-4-3-7-13(8-9)10-5-2-6-11(10)14/h9-11,14H,2-8H2,1H3/t9-,10?,11?/m0/s1. The number of esters is 1. The predicted molar refractivity (Wildman–Crippen MR) is 60.0 cm³/mol. The molecule has 1 heterocycles. The average Bonchev–Trinajstić information content (AvgIpc) is 2.74. The number of nitrogens with zero attached hydrogens (tertiary/aromatic N) is 1. The maximum absolute atomic E-state index is 11.5. The normalized spacial score (nSPS) is 36.2. The van der Waals surface area contributed by atoms with Gasteiger partial charge in [0.05, 0.1) is 19.1 Å². The lowest BCUT2D eigenvalue weighted by Crippen LogP contribution is -2.47. The largest absolute Gasteiger partial charge is 0.469 e. The van der Waals surface area contributed by atoms with Gasteiger partial charge in [0.15, 0.2) is 0 Å². The van der Waals surface area contributed by atoms with Gasteiger partial charge in [0.25, 0.3) is 0 Å². The van der Waals surface area contributed by atoms with E-state index in [9.17, 15) is 9.90 Å². The van der Waals surface area contributed by atoms with E-state index in [-0.39, 0.29) is 24.0 Å². The Bertz CT molecular complexity index is 257. The molecule has 1 aliphatic carbocycles. The minimum atomic E-state index is -0.198. The molecule has 92 valence electrons. The molecule has 1 saturated heterocycles. The highest BCUT2D eigenvalue weighted by Crippen LogP contribution is 2.28. The second-order valence-electron chi connectivity index (χ2n) is 4.92. The van der Waals surface area contributed by atoms with Crippen molar-refractivity contribution in [3.8, 4) is 0 Å². The molecule has 0 bridgehead atoms. The third-order valence-electron chi connectivity index (χ3n) is 3.90. The van der Waals surface area contributed by atoms with Crippen LogP contribution in [-0.4, -0.2) is 48.3 Å². The summed E-state index contributed by atoms with van der Waals surface area (Å²) >= 11 is 0. The molecule has 2 aliphatic rings. The molecule has 1 N–H and O–H groups in total. The molecule has 0 aromatic rings. The SMILES string of the molecule is COC(=O)[C@H]1CCCN(C2CCCC2O)C1. The first-order valence-corrected chi connectivity index (χ1v) is 6.22. The number of carbonyl (C=O) groups excluding carboxylic acids is 1. The molecule has 4 nitrogen and oxygen atoms in total. The van der Waals surface area contributed by atoms with E-state index in [0.717, 1.165) is 45.2 Å². The number of rotatable bonds is 2. The highest BCUT2D eigenvalue weighted by Gasteiger charge is 2.35. The number of methoxy groups -OCH3 is 1. The summed E-state index contributed by atoms with van der Waals surface area (Å²) in [5.41, 5.74) is 0. The molecule has 0 aromatic carbocycles. The van der Waals surface area contributed by atoms with Gasteiger partial charge in [-0.1, -0.05) is 0 Å². The van der Waals surface area contributed by atoms with E-state index in [1.54, 1.807) is 0 Å². The second kappa shape index (κ2) is 5.15. The number of hydrogen-bond donors (Lipinski definition) is 1. The maximum Gasteiger partial charge on any atom is 0.309 e. The molecule has 0 spiro atoms. The fourth-order valence-corrected chi connectivity index (χ4v) is 3.01. The van der Waals surface area contributed by atoms with Gasteiger partial charge in [-0.3, -0.25) is 9.69 Å². The van der Waals surface area contributed by atoms with Gasteiger partial charge in [-0.05, 0) is 38.6 Å². The second-order valence-corrected chi connectivity index (χ2v) is 4.92. The van der Waals surface area contributed by atoms with Gasteiger partial charge in [-0.2, -0.15) is 0 Å². The molecule has 2 rings (SSSR count). The summed E-state index contributed by atoms with van der Waals surface area (Å²) in [6, 6.07) is 0.271. The number of carbonyl (C=O) groups is 1. The van der Waals surface area contributed by atoms with Crippen molar-refractivity contribution in [2.45, 2.75) is 44.2 Å². The van der Waals surface area contributed by atoms with Gasteiger partial charge in [0.2, 0.25) is 0 Å². The van der Waals surface area contributed by atoms with Gasteiger partial charge in [-0.15, -0.1) is 0 Å². The van der Waals surface area contributed by atoms with Crippen LogP contribution in [0.3, 0.4) is 0 Å². The Balaban J connectivity index is 1.93. The van der Waals surface area contributed by atoms with E-state index in [2.05, 4.69) is 4.90 Å². The van der Waals surface area contributed by atoms with E-state index in [1.165, 1.54) is 7.11 Å². The number of aliphatic hydroxyl groups excluding tert-OH is 1. The summed E-state index contributed by atoms with van der Waals surface area (Å²) in [6.07, 6.45) is 4.83. The molecule has 1 saturated carbocycles. The zero-order chi connectivity index (χ0) is 11.5. The number of piperidine rings is 1. The Morgan fingerprint density at radius 3 is 2.75 bits per heavy atom. The van der Waals surface area contributed by atoms with E-state index < -0.39 is 0 Å². The van der Waals surface area contributed by atoms with Crippen LogP contribution in [0.4, 0.5) is 0 Å². The number of likely N-dealkylation sites (tertiary alicyclic amines) is 1. The fraction of sp³-hybridized carbons (Fsp3) is 0.917. The Morgan fingerprint density at radius 1 is 1.31 bits per heavy atom. The third kappa shape index (κ3) is 2.38. The van der Waals surface area contributed by atoms with Crippen molar-refractivity contribution in [3.63, 3.8) is 0 Å². The smallest absolute Gasteiger partial charge is 0.309 e. The van der Waals surface area contributed by atoms with Crippen molar-refractivity contribution in [2.24, 2.45) is 5.92 Å². The van der Waals surface area contributed by atoms with E-state index >= 15 is 0 Å². The van der Waals surface area contributed by atoms with Gasteiger partial charge in [0.1, 0.15) is 0 Å². The molecule has 0 radical (unpaired) electrons. The zero-order valence-corrected chi connectivity index (χ0v) is 9.89. The minimum absolute atomic E-state index is 0.00606. The summed E-state index contributed by atoms with van der Waals surface area (Å²) in [6.45, 7) is 1.77. The highest BCUT2D eigenvalue weighted by molar-refractivity contribution is 5.72. The number of hydrogen-bond acceptors (Lipinski definition) is 4. The van der Waals surface area contributed by atoms with Crippen molar-refractivity contribution in [3.05, 3.63) is 0 Å². The predicted octanol–water partition coefficient (Wildman–Crippen LogP) is 0.785. The van der Waals surface area contributed by atoms with E-state index in [0.29, 0.717) is 0 Å². The maximum atomic E-state index is 11.5. The Hall–Kier alpha value is -0.610. The molecule has 0 amide bonds. The topological polar surface area (TPSA) is 49.8 Å². The van der Waals surface area contributed by atoms with Gasteiger partial charge < -0.3 is 9.84 Å². The Morgan fingerprint density at radius 2 is 2.12 bits per heavy atom. The molecular weight excluding hydrogens is 206 g/mol. The van der Waals surface area contributed by atoms with Gasteiger partial charge in [-0.25, -0.2) is 0 Å². The lowest BCUT2D eigenvalue weighted by Gasteiger charge is -2.36. The Kier molecular flexibility index (Phi) is 3.82. The van der Waals surface area contributed by atoms with Crippen molar-refractivity contribution < 1.29 is 14.6 Å². The van der Waals surface area contributed by atoms with Crippen LogP contribution in [0.25, 0.3) is 0 Å². The lowest BCUT2D eigenvalue weighted by molar-refractivity contribution is -0.148. The van der Waals surface area contributed by atoms with Crippen LogP contribution < -0.4 is 0 Å². The molecule has 3 atom stereocenters. The van der Waals surface area contributed by atoms with Crippen molar-refractivity contribution in [1.29, 1.82) is 0 Å². The molecule has 2 fully saturated rings. The molecule has 16 heavy (non-hydrogen) atoms. The van der Waals surface area contributed by atoms with Crippen molar-refractivity contribution in [2.75, 3.05) is 20.2 Å². The average molecular weight is 227 g/mol. The molecule has 1 aliphatic heterocycles. The van der Waals surface area contributed by atoms with Crippen LogP contribution in [0.15, 0.2) is 0 Å². The minimum Gasteiger partial charge on any atom is -0.469 e. The zero-order valence-electron chi connectivity index (χ0n) is 9.89. The van der Waals surface area contributed by atoms with Crippen LogP contribution in [0.2, 0.25) is 0 Å². The summed E-state index contributed by atoms with van der Waals surface area (Å²) in [7, 11) is 1.45. The first-order valence-electron chi connectivity index (χ1n) is 6.22. The monoisotopic (exact) mass is 227 g/mol. The summed E-state index contributed by atoms with van der Waals surface area (Å²) in [5, 5.41) is 9.87. The summed E-state index contributed by atoms with van der Waals surface area (Å²) < 4.78 is 4.80. The van der Waals surface area contributed by atoms with Crippen molar-refractivity contribution >= 4 is 5.97 Å². The van der Waals surface area contributed by atoms with Crippen LogP contribution in [0, 0.1) is 5.92 Å². The van der Waals surface area contributed by atoms with E-state index in [4.69, 9.17) is 4.74 Å². The number of aliphatic hydroxyl groups is 1. The fourth-order valence-electron chi connectivity index (χ4n) is 3.01. The molecular formula is C12H21NO3. The van der Waals surface area contributed by atoms with E-state index in [1.807, 2.05) is 0 Å². The first-order chi connectivity index (χ1) is 7.72. The summed E-state index contributed by atoms with van der Waals surface area (Å²) in [5.74, 6) is -0.0938. The van der Waals surface area contributed by atoms with Crippen molar-refractivity contribution in [1.82, 2.24) is 4.90 Å². The van der Waals surface area contributed by atoms with Gasteiger partial charge in [0, 0.05) is 12.6 Å². The first kappa shape index (κ1) is 11.9. The molecule has 2 unspecified atom stereocenters. The highest BCUT2D eigenvalue weighted by atomic mass is 16.5. The Labute approximate surface area is 96.6 Å². The lowest BCUT2D eigenvalue weighted by atomic mass is 9.96. The van der Waals surface area contributed by atoms with Crippen LogP contribution >= 0.6 is 0 Å². The third-order valence-corrected chi connectivity index (χ3v) is 3.90. The summed E-state index contributed by atoms with van der Waals surface area (Å²) in [4.78, 5) is 13.8. The molecule has 4 heteroatoms. The quantitative estimate of drug-likeness (QED) is 0.708. The van der Waals surface area contributed by atoms with Crippen LogP contribution in [0.1, 0.15) is 32.1 Å². The van der Waals surface area contributed by atoms with Gasteiger partial charge >= 0.3 is 5.97 Å². The van der Waals surface area contributed by atoms with Crippen LogP contribution in [0.5, 0.6) is 0 Å².